The van der Waals surface area contributed by atoms with Gasteiger partial charge in [0.05, 0.1) is 44.0 Å². The number of anilines is 4. The monoisotopic (exact) mass is 528 g/mol. The van der Waals surface area contributed by atoms with Crippen LogP contribution in [0.1, 0.15) is 43.1 Å². The van der Waals surface area contributed by atoms with Crippen molar-refractivity contribution in [3.63, 3.8) is 0 Å². The Hall–Kier alpha value is -2.76. The molecule has 1 amide bonds. The van der Waals surface area contributed by atoms with Gasteiger partial charge in [-0.2, -0.15) is 0 Å². The van der Waals surface area contributed by atoms with E-state index in [9.17, 15) is 4.79 Å². The summed E-state index contributed by atoms with van der Waals surface area (Å²) in [5.74, 6) is 2.25. The van der Waals surface area contributed by atoms with E-state index in [0.717, 1.165) is 18.8 Å². The van der Waals surface area contributed by atoms with Crippen molar-refractivity contribution >= 4 is 40.9 Å². The number of carbonyl (C=O) groups is 1. The third-order valence-electron chi connectivity index (χ3n) is 7.45. The van der Waals surface area contributed by atoms with E-state index in [2.05, 4.69) is 24.8 Å². The Labute approximate surface area is 222 Å². The van der Waals surface area contributed by atoms with Gasteiger partial charge in [0.1, 0.15) is 11.5 Å². The fraction of sp³-hybridized carbons (Fsp3) is 0.577. The number of nitrogens with zero attached hydrogens (tertiary/aromatic N) is 4. The van der Waals surface area contributed by atoms with Crippen molar-refractivity contribution in [2.45, 2.75) is 38.7 Å². The third-order valence-corrected chi connectivity index (χ3v) is 8.19. The van der Waals surface area contributed by atoms with Crippen molar-refractivity contribution < 1.29 is 19.4 Å². The van der Waals surface area contributed by atoms with Crippen LogP contribution in [0.3, 0.4) is 0 Å². The van der Waals surface area contributed by atoms with Crippen LogP contribution in [-0.2, 0) is 4.74 Å². The maximum Gasteiger partial charge on any atom is 0.274 e. The molecule has 4 heterocycles. The number of ether oxygens (including phenoxy) is 2. The minimum Gasteiger partial charge on any atom is -0.493 e. The van der Waals surface area contributed by atoms with Crippen LogP contribution in [0.15, 0.2) is 24.4 Å². The molecule has 2 aromatic rings. The second kappa shape index (κ2) is 11.3. The molecule has 1 spiro atoms. The van der Waals surface area contributed by atoms with Gasteiger partial charge in [0.15, 0.2) is 11.6 Å². The lowest BCUT2D eigenvalue weighted by Crippen LogP contribution is -2.41. The molecule has 5 rings (SSSR count). The van der Waals surface area contributed by atoms with Crippen LogP contribution in [0.5, 0.6) is 5.75 Å². The van der Waals surface area contributed by atoms with Gasteiger partial charge in [-0.15, -0.1) is 0 Å². The molecule has 3 N–H and O–H groups in total. The number of carbonyl (C=O) groups excluding carboxylic acids is 1. The van der Waals surface area contributed by atoms with E-state index in [4.69, 9.17) is 19.6 Å². The predicted octanol–water partition coefficient (Wildman–Crippen LogP) is 3.40. The molecular weight excluding hydrogens is 492 g/mol. The van der Waals surface area contributed by atoms with E-state index >= 15 is 0 Å². The van der Waals surface area contributed by atoms with E-state index in [1.807, 2.05) is 13.0 Å². The highest BCUT2D eigenvalue weighted by molar-refractivity contribution is 8.00. The number of aromatic nitrogens is 2. The SMILES string of the molecule is COc1ccc(C(=O)Nc2cnc(NSCCO)cc2N2CCC3(CC2)CC3)nc1N1CCO[C@H](C)C1. The van der Waals surface area contributed by atoms with Gasteiger partial charge in [-0.05, 0) is 62.1 Å². The van der Waals surface area contributed by atoms with Crippen molar-refractivity contribution in [3.05, 3.63) is 30.1 Å². The zero-order chi connectivity index (χ0) is 25.8. The lowest BCUT2D eigenvalue weighted by molar-refractivity contribution is 0.0527. The third kappa shape index (κ3) is 6.05. The Balaban J connectivity index is 1.37. The zero-order valence-electron chi connectivity index (χ0n) is 21.5. The molecular formula is C26H36N6O4S. The van der Waals surface area contributed by atoms with Crippen LogP contribution in [0.25, 0.3) is 0 Å². The summed E-state index contributed by atoms with van der Waals surface area (Å²) in [4.78, 5) is 27.0. The molecule has 11 heteroatoms. The molecule has 2 aromatic heterocycles. The molecule has 3 fully saturated rings. The average Bonchev–Trinajstić information content (AvgIpc) is 3.68. The summed E-state index contributed by atoms with van der Waals surface area (Å²) < 4.78 is 14.4. The van der Waals surface area contributed by atoms with Crippen molar-refractivity contribution in [2.75, 3.05) is 72.1 Å². The number of rotatable bonds is 9. The van der Waals surface area contributed by atoms with Crippen molar-refractivity contribution in [2.24, 2.45) is 5.41 Å². The van der Waals surface area contributed by atoms with Crippen LogP contribution in [0.4, 0.5) is 23.0 Å². The van der Waals surface area contributed by atoms with Crippen molar-refractivity contribution in [3.8, 4) is 5.75 Å². The molecule has 10 nitrogen and oxygen atoms in total. The van der Waals surface area contributed by atoms with Gasteiger partial charge in [0.25, 0.3) is 5.91 Å². The Morgan fingerprint density at radius 3 is 2.76 bits per heavy atom. The van der Waals surface area contributed by atoms with Crippen LogP contribution in [0.2, 0.25) is 0 Å². The zero-order valence-corrected chi connectivity index (χ0v) is 22.4. The first-order valence-corrected chi connectivity index (χ1v) is 14.0. The lowest BCUT2D eigenvalue weighted by Gasteiger charge is -2.35. The number of methoxy groups -OCH3 is 1. The van der Waals surface area contributed by atoms with Gasteiger partial charge >= 0.3 is 0 Å². The highest BCUT2D eigenvalue weighted by atomic mass is 32.2. The predicted molar refractivity (Wildman–Crippen MR) is 147 cm³/mol. The van der Waals surface area contributed by atoms with Gasteiger partial charge in [-0.1, -0.05) is 0 Å². The number of aliphatic hydroxyl groups is 1. The minimum atomic E-state index is -0.292. The highest BCUT2D eigenvalue weighted by Crippen LogP contribution is 2.54. The number of piperidine rings is 1. The molecule has 0 radical (unpaired) electrons. The smallest absolute Gasteiger partial charge is 0.274 e. The van der Waals surface area contributed by atoms with Gasteiger partial charge < -0.3 is 34.4 Å². The summed E-state index contributed by atoms with van der Waals surface area (Å²) in [7, 11) is 1.61. The molecule has 0 unspecified atom stereocenters. The van der Waals surface area contributed by atoms with Gasteiger partial charge in [0.2, 0.25) is 0 Å². The Bertz CT molecular complexity index is 1100. The minimum absolute atomic E-state index is 0.0772. The molecule has 1 aliphatic carbocycles. The molecule has 200 valence electrons. The van der Waals surface area contributed by atoms with E-state index in [1.165, 1.54) is 37.6 Å². The number of aliphatic hydroxyl groups excluding tert-OH is 1. The van der Waals surface area contributed by atoms with Crippen molar-refractivity contribution in [1.82, 2.24) is 9.97 Å². The van der Waals surface area contributed by atoms with E-state index in [-0.39, 0.29) is 18.6 Å². The number of hydrogen-bond donors (Lipinski definition) is 3. The Kier molecular flexibility index (Phi) is 7.92. The summed E-state index contributed by atoms with van der Waals surface area (Å²) in [6, 6.07) is 5.46. The number of morpholine rings is 1. The standard InChI is InChI=1S/C26H36N6O4S/c1-18-17-32(11-13-36-18)24-22(35-2)4-3-19(28-24)25(34)29-20-16-27-23(30-37-14-12-33)15-21(20)31-9-7-26(5-6-26)8-10-31/h3-4,15-16,18,33H,5-14,17H2,1-2H3,(H,27,30)(H,29,34)/t18-/m1/s1. The quantitative estimate of drug-likeness (QED) is 0.331. The average molecular weight is 529 g/mol. The summed E-state index contributed by atoms with van der Waals surface area (Å²) in [5, 5.41) is 12.2. The number of amides is 1. The van der Waals surface area contributed by atoms with E-state index < -0.39 is 0 Å². The first-order chi connectivity index (χ1) is 18.0. The van der Waals surface area contributed by atoms with Crippen LogP contribution >= 0.6 is 11.9 Å². The summed E-state index contributed by atoms with van der Waals surface area (Å²) in [5.41, 5.74) is 2.47. The molecule has 2 aliphatic heterocycles. The second-order valence-electron chi connectivity index (χ2n) is 10.1. The van der Waals surface area contributed by atoms with E-state index in [0.29, 0.717) is 59.6 Å². The number of hydrogen-bond acceptors (Lipinski definition) is 10. The molecule has 2 saturated heterocycles. The fourth-order valence-corrected chi connectivity index (χ4v) is 5.53. The Morgan fingerprint density at radius 2 is 2.05 bits per heavy atom. The first kappa shape index (κ1) is 25.9. The van der Waals surface area contributed by atoms with Gasteiger partial charge in [-0.25, -0.2) is 9.97 Å². The highest BCUT2D eigenvalue weighted by Gasteiger charge is 2.44. The summed E-state index contributed by atoms with van der Waals surface area (Å²) >= 11 is 1.40. The second-order valence-corrected chi connectivity index (χ2v) is 11.0. The molecule has 0 aromatic carbocycles. The molecule has 1 atom stereocenters. The van der Waals surface area contributed by atoms with E-state index in [1.54, 1.807) is 25.4 Å². The van der Waals surface area contributed by atoms with Gasteiger partial charge in [0, 0.05) is 38.0 Å². The maximum atomic E-state index is 13.4. The largest absolute Gasteiger partial charge is 0.493 e. The maximum absolute atomic E-state index is 13.4. The Morgan fingerprint density at radius 1 is 1.24 bits per heavy atom. The summed E-state index contributed by atoms with van der Waals surface area (Å²) in [6.45, 7) is 6.00. The van der Waals surface area contributed by atoms with Crippen LogP contribution < -0.4 is 24.6 Å². The van der Waals surface area contributed by atoms with Crippen LogP contribution in [-0.4, -0.2) is 79.3 Å². The molecule has 1 saturated carbocycles. The normalized spacial score (nSPS) is 20.6. The molecule has 3 aliphatic rings. The van der Waals surface area contributed by atoms with Crippen LogP contribution in [0, 0.1) is 5.41 Å². The number of nitrogens with one attached hydrogen (secondary N) is 2. The summed E-state index contributed by atoms with van der Waals surface area (Å²) in [6.07, 6.45) is 6.79. The topological polar surface area (TPSA) is 112 Å². The first-order valence-electron chi connectivity index (χ1n) is 13.0. The van der Waals surface area contributed by atoms with Gasteiger partial charge in [-0.3, -0.25) is 4.79 Å². The van der Waals surface area contributed by atoms with Crippen molar-refractivity contribution in [1.29, 1.82) is 0 Å². The molecule has 37 heavy (non-hydrogen) atoms. The lowest BCUT2D eigenvalue weighted by atomic mass is 9.93. The molecule has 0 bridgehead atoms. The fourth-order valence-electron chi connectivity index (χ4n) is 5.07. The number of pyridine rings is 2.